The summed E-state index contributed by atoms with van der Waals surface area (Å²) >= 11 is 1.71. The van der Waals surface area contributed by atoms with Gasteiger partial charge in [0, 0.05) is 16.8 Å². The standard InChI is InChI=1S/C15H16N4OS/c20-8-7-16-15-18-13-6-2-1-5-12(13)14(19-15)17-10-11-4-3-9-21-11/h1-6,9,20H,7-8,10H2,(H2,16,17,18,19). The number of aliphatic hydroxyl groups is 1. The van der Waals surface area contributed by atoms with E-state index in [1.807, 2.05) is 30.3 Å². The Balaban J connectivity index is 1.90. The molecule has 3 aromatic rings. The van der Waals surface area contributed by atoms with Crippen molar-refractivity contribution in [2.75, 3.05) is 23.8 Å². The lowest BCUT2D eigenvalue weighted by molar-refractivity contribution is 0.311. The molecular weight excluding hydrogens is 284 g/mol. The van der Waals surface area contributed by atoms with Crippen molar-refractivity contribution < 1.29 is 5.11 Å². The van der Waals surface area contributed by atoms with Crippen LogP contribution in [0.1, 0.15) is 4.88 Å². The molecule has 0 spiro atoms. The molecule has 0 atom stereocenters. The molecule has 0 radical (unpaired) electrons. The van der Waals surface area contributed by atoms with Gasteiger partial charge in [0.05, 0.1) is 18.7 Å². The highest BCUT2D eigenvalue weighted by Crippen LogP contribution is 2.22. The number of anilines is 2. The highest BCUT2D eigenvalue weighted by atomic mass is 32.1. The molecule has 108 valence electrons. The second-order valence-corrected chi connectivity index (χ2v) is 5.53. The molecule has 2 heterocycles. The predicted molar refractivity (Wildman–Crippen MR) is 86.8 cm³/mol. The molecule has 0 aliphatic rings. The first-order valence-electron chi connectivity index (χ1n) is 6.74. The van der Waals surface area contributed by atoms with Crippen molar-refractivity contribution in [1.82, 2.24) is 9.97 Å². The van der Waals surface area contributed by atoms with Crippen LogP contribution < -0.4 is 10.6 Å². The molecule has 2 aromatic heterocycles. The van der Waals surface area contributed by atoms with Crippen LogP contribution in [0.2, 0.25) is 0 Å². The van der Waals surface area contributed by atoms with E-state index in [2.05, 4.69) is 32.0 Å². The third-order valence-electron chi connectivity index (χ3n) is 3.01. The van der Waals surface area contributed by atoms with Gasteiger partial charge in [-0.2, -0.15) is 4.98 Å². The summed E-state index contributed by atoms with van der Waals surface area (Å²) in [5.41, 5.74) is 0.876. The fourth-order valence-corrected chi connectivity index (χ4v) is 2.69. The Morgan fingerprint density at radius 3 is 2.76 bits per heavy atom. The Morgan fingerprint density at radius 1 is 1.05 bits per heavy atom. The van der Waals surface area contributed by atoms with Crippen molar-refractivity contribution in [3.05, 3.63) is 46.7 Å². The zero-order chi connectivity index (χ0) is 14.5. The van der Waals surface area contributed by atoms with Gasteiger partial charge in [-0.1, -0.05) is 18.2 Å². The van der Waals surface area contributed by atoms with Crippen LogP contribution in [0.5, 0.6) is 0 Å². The van der Waals surface area contributed by atoms with Gasteiger partial charge in [-0.3, -0.25) is 0 Å². The Morgan fingerprint density at radius 2 is 1.95 bits per heavy atom. The first-order valence-corrected chi connectivity index (χ1v) is 7.62. The summed E-state index contributed by atoms with van der Waals surface area (Å²) < 4.78 is 0. The summed E-state index contributed by atoms with van der Waals surface area (Å²) in [5.74, 6) is 1.32. The van der Waals surface area contributed by atoms with E-state index in [1.54, 1.807) is 11.3 Å². The maximum absolute atomic E-state index is 8.91. The quantitative estimate of drug-likeness (QED) is 0.653. The van der Waals surface area contributed by atoms with Crippen molar-refractivity contribution in [2.45, 2.75) is 6.54 Å². The number of aliphatic hydroxyl groups excluding tert-OH is 1. The number of thiophene rings is 1. The van der Waals surface area contributed by atoms with E-state index in [9.17, 15) is 0 Å². The van der Waals surface area contributed by atoms with E-state index in [-0.39, 0.29) is 6.61 Å². The number of fused-ring (bicyclic) bond motifs is 1. The summed E-state index contributed by atoms with van der Waals surface area (Å²) in [4.78, 5) is 10.2. The number of hydrogen-bond donors (Lipinski definition) is 3. The van der Waals surface area contributed by atoms with E-state index >= 15 is 0 Å². The van der Waals surface area contributed by atoms with Gasteiger partial charge in [-0.25, -0.2) is 4.98 Å². The van der Waals surface area contributed by atoms with Crippen LogP contribution in [0.15, 0.2) is 41.8 Å². The molecule has 0 unspecified atom stereocenters. The molecule has 3 rings (SSSR count). The summed E-state index contributed by atoms with van der Waals surface area (Å²) in [6, 6.07) is 12.0. The summed E-state index contributed by atoms with van der Waals surface area (Å²) in [6.07, 6.45) is 0. The summed E-state index contributed by atoms with van der Waals surface area (Å²) in [7, 11) is 0. The number of nitrogens with zero attached hydrogens (tertiary/aromatic N) is 2. The van der Waals surface area contributed by atoms with Crippen molar-refractivity contribution in [3.63, 3.8) is 0 Å². The molecule has 0 bridgehead atoms. The van der Waals surface area contributed by atoms with Crippen LogP contribution >= 0.6 is 11.3 Å². The van der Waals surface area contributed by atoms with Crippen LogP contribution in [-0.2, 0) is 6.54 Å². The van der Waals surface area contributed by atoms with Crippen LogP contribution in [0.25, 0.3) is 10.9 Å². The van der Waals surface area contributed by atoms with Gasteiger partial charge in [0.1, 0.15) is 5.82 Å². The second-order valence-electron chi connectivity index (χ2n) is 4.50. The SMILES string of the molecule is OCCNc1nc(NCc2cccs2)c2ccccc2n1. The van der Waals surface area contributed by atoms with Crippen molar-refractivity contribution >= 4 is 34.0 Å². The van der Waals surface area contributed by atoms with E-state index in [0.29, 0.717) is 12.5 Å². The molecule has 0 saturated heterocycles. The van der Waals surface area contributed by atoms with Gasteiger partial charge in [0.25, 0.3) is 0 Å². The Hall–Kier alpha value is -2.18. The van der Waals surface area contributed by atoms with Crippen molar-refractivity contribution in [2.24, 2.45) is 0 Å². The average molecular weight is 300 g/mol. The Kier molecular flexibility index (Phi) is 4.28. The van der Waals surface area contributed by atoms with Gasteiger partial charge in [0.2, 0.25) is 5.95 Å². The highest BCUT2D eigenvalue weighted by molar-refractivity contribution is 7.09. The van der Waals surface area contributed by atoms with Gasteiger partial charge >= 0.3 is 0 Å². The van der Waals surface area contributed by atoms with Crippen molar-refractivity contribution in [3.8, 4) is 0 Å². The summed E-state index contributed by atoms with van der Waals surface area (Å²) in [6.45, 7) is 1.22. The third-order valence-corrected chi connectivity index (χ3v) is 3.88. The fraction of sp³-hybridized carbons (Fsp3) is 0.200. The minimum atomic E-state index is 0.0497. The number of nitrogens with one attached hydrogen (secondary N) is 2. The normalized spacial score (nSPS) is 10.7. The molecule has 6 heteroatoms. The lowest BCUT2D eigenvalue weighted by Crippen LogP contribution is -2.10. The van der Waals surface area contributed by atoms with E-state index < -0.39 is 0 Å². The number of hydrogen-bond acceptors (Lipinski definition) is 6. The topological polar surface area (TPSA) is 70.1 Å². The van der Waals surface area contributed by atoms with Gasteiger partial charge < -0.3 is 15.7 Å². The Labute approximate surface area is 126 Å². The zero-order valence-corrected chi connectivity index (χ0v) is 12.2. The minimum Gasteiger partial charge on any atom is -0.395 e. The zero-order valence-electron chi connectivity index (χ0n) is 11.4. The third kappa shape index (κ3) is 3.29. The van der Waals surface area contributed by atoms with Crippen LogP contribution in [0, 0.1) is 0 Å². The largest absolute Gasteiger partial charge is 0.395 e. The Bertz CT molecular complexity index is 715. The van der Waals surface area contributed by atoms with E-state index in [1.165, 1.54) is 4.88 Å². The fourth-order valence-electron chi connectivity index (χ4n) is 2.04. The van der Waals surface area contributed by atoms with E-state index in [0.717, 1.165) is 23.3 Å². The molecule has 0 aliphatic carbocycles. The van der Waals surface area contributed by atoms with E-state index in [4.69, 9.17) is 5.11 Å². The molecule has 0 fully saturated rings. The molecule has 1 aromatic carbocycles. The molecule has 3 N–H and O–H groups in total. The lowest BCUT2D eigenvalue weighted by atomic mass is 10.2. The molecular formula is C15H16N4OS. The maximum atomic E-state index is 8.91. The number of rotatable bonds is 6. The number of benzene rings is 1. The molecule has 0 amide bonds. The van der Waals surface area contributed by atoms with Crippen LogP contribution in [0.4, 0.5) is 11.8 Å². The van der Waals surface area contributed by atoms with Gasteiger partial charge in [0.15, 0.2) is 0 Å². The lowest BCUT2D eigenvalue weighted by Gasteiger charge is -2.10. The molecule has 0 saturated carbocycles. The summed E-state index contributed by atoms with van der Waals surface area (Å²) in [5, 5.41) is 18.3. The predicted octanol–water partition coefficient (Wildman–Crippen LogP) is 2.71. The first-order chi connectivity index (χ1) is 10.4. The highest BCUT2D eigenvalue weighted by Gasteiger charge is 2.07. The van der Waals surface area contributed by atoms with Crippen molar-refractivity contribution in [1.29, 1.82) is 0 Å². The van der Waals surface area contributed by atoms with Crippen LogP contribution in [0.3, 0.4) is 0 Å². The minimum absolute atomic E-state index is 0.0497. The number of aromatic nitrogens is 2. The monoisotopic (exact) mass is 300 g/mol. The maximum Gasteiger partial charge on any atom is 0.225 e. The first kappa shape index (κ1) is 13.8. The average Bonchev–Trinajstić information content (AvgIpc) is 3.04. The van der Waals surface area contributed by atoms with Gasteiger partial charge in [-0.05, 0) is 23.6 Å². The molecule has 21 heavy (non-hydrogen) atoms. The smallest absolute Gasteiger partial charge is 0.225 e. The number of para-hydroxylation sites is 1. The second kappa shape index (κ2) is 6.51. The molecule has 0 aliphatic heterocycles. The van der Waals surface area contributed by atoms with Crippen LogP contribution in [-0.4, -0.2) is 28.2 Å². The van der Waals surface area contributed by atoms with Gasteiger partial charge in [-0.15, -0.1) is 11.3 Å². The molecule has 5 nitrogen and oxygen atoms in total.